The standard InChI is InChI=1S/C11H21NO4S/c13-11(14)6-8-12-17(15,16)9-7-10-4-2-1-3-5-10/h10,12H,1-9H2,(H,13,14). The Hall–Kier alpha value is -0.620. The summed E-state index contributed by atoms with van der Waals surface area (Å²) in [7, 11) is -3.29. The van der Waals surface area contributed by atoms with Gasteiger partial charge in [-0.2, -0.15) is 0 Å². The van der Waals surface area contributed by atoms with Crippen molar-refractivity contribution in [1.82, 2.24) is 4.72 Å². The summed E-state index contributed by atoms with van der Waals surface area (Å²) >= 11 is 0. The molecule has 1 saturated carbocycles. The summed E-state index contributed by atoms with van der Waals surface area (Å²) in [5.74, 6) is -0.336. The Bertz CT molecular complexity index is 333. The molecule has 6 heteroatoms. The monoisotopic (exact) mass is 263 g/mol. The van der Waals surface area contributed by atoms with Crippen molar-refractivity contribution in [3.63, 3.8) is 0 Å². The van der Waals surface area contributed by atoms with Gasteiger partial charge in [0.15, 0.2) is 0 Å². The van der Waals surface area contributed by atoms with Crippen molar-refractivity contribution >= 4 is 16.0 Å². The minimum Gasteiger partial charge on any atom is -0.481 e. The summed E-state index contributed by atoms with van der Waals surface area (Å²) in [6.45, 7) is -0.0116. The molecule has 5 nitrogen and oxygen atoms in total. The Kier molecular flexibility index (Phi) is 5.91. The molecule has 1 fully saturated rings. The molecule has 100 valence electrons. The largest absolute Gasteiger partial charge is 0.481 e. The van der Waals surface area contributed by atoms with Crippen LogP contribution >= 0.6 is 0 Å². The first-order valence-electron chi connectivity index (χ1n) is 6.19. The molecule has 0 amide bonds. The number of carbonyl (C=O) groups is 1. The molecule has 0 aromatic carbocycles. The Morgan fingerprint density at radius 1 is 1.24 bits per heavy atom. The fraction of sp³-hybridized carbons (Fsp3) is 0.909. The van der Waals surface area contributed by atoms with Gasteiger partial charge in [0.2, 0.25) is 10.0 Å². The highest BCUT2D eigenvalue weighted by Gasteiger charge is 2.17. The maximum Gasteiger partial charge on any atom is 0.304 e. The highest BCUT2D eigenvalue weighted by molar-refractivity contribution is 7.89. The van der Waals surface area contributed by atoms with Gasteiger partial charge in [-0.25, -0.2) is 13.1 Å². The third kappa shape index (κ3) is 6.63. The Balaban J connectivity index is 2.21. The van der Waals surface area contributed by atoms with Crippen LogP contribution in [0.15, 0.2) is 0 Å². The summed E-state index contributed by atoms with van der Waals surface area (Å²) < 4.78 is 25.4. The van der Waals surface area contributed by atoms with Crippen LogP contribution < -0.4 is 4.72 Å². The number of carboxylic acids is 1. The number of nitrogens with one attached hydrogen (secondary N) is 1. The molecule has 1 aliphatic rings. The number of sulfonamides is 1. The topological polar surface area (TPSA) is 83.5 Å². The van der Waals surface area contributed by atoms with Crippen LogP contribution in [-0.2, 0) is 14.8 Å². The van der Waals surface area contributed by atoms with Gasteiger partial charge in [-0.1, -0.05) is 32.1 Å². The normalized spacial score (nSPS) is 18.1. The smallest absolute Gasteiger partial charge is 0.304 e. The Labute approximate surface area is 103 Å². The fourth-order valence-electron chi connectivity index (χ4n) is 2.18. The Morgan fingerprint density at radius 3 is 2.47 bits per heavy atom. The lowest BCUT2D eigenvalue weighted by Crippen LogP contribution is -2.29. The molecule has 1 aliphatic carbocycles. The molecule has 0 aromatic rings. The lowest BCUT2D eigenvalue weighted by atomic mass is 9.88. The van der Waals surface area contributed by atoms with Gasteiger partial charge in [-0.15, -0.1) is 0 Å². The first-order chi connectivity index (χ1) is 7.99. The van der Waals surface area contributed by atoms with E-state index in [4.69, 9.17) is 5.11 Å². The van der Waals surface area contributed by atoms with E-state index in [0.717, 1.165) is 12.8 Å². The molecule has 0 aliphatic heterocycles. The lowest BCUT2D eigenvalue weighted by molar-refractivity contribution is -0.136. The molecular formula is C11H21NO4S. The van der Waals surface area contributed by atoms with Crippen molar-refractivity contribution in [2.24, 2.45) is 5.92 Å². The third-order valence-corrected chi connectivity index (χ3v) is 4.60. The molecule has 17 heavy (non-hydrogen) atoms. The molecular weight excluding hydrogens is 242 g/mol. The molecule has 2 N–H and O–H groups in total. The minimum absolute atomic E-state index is 0.0116. The van der Waals surface area contributed by atoms with E-state index in [2.05, 4.69) is 4.72 Å². The predicted octanol–water partition coefficient (Wildman–Crippen LogP) is 1.35. The lowest BCUT2D eigenvalue weighted by Gasteiger charge is -2.21. The van der Waals surface area contributed by atoms with E-state index in [1.807, 2.05) is 0 Å². The van der Waals surface area contributed by atoms with Crippen LogP contribution in [0.1, 0.15) is 44.9 Å². The van der Waals surface area contributed by atoms with Crippen molar-refractivity contribution in [1.29, 1.82) is 0 Å². The molecule has 0 saturated heterocycles. The van der Waals surface area contributed by atoms with Crippen molar-refractivity contribution in [2.45, 2.75) is 44.9 Å². The molecule has 0 atom stereocenters. The van der Waals surface area contributed by atoms with Gasteiger partial charge in [0, 0.05) is 6.54 Å². The van der Waals surface area contributed by atoms with Gasteiger partial charge >= 0.3 is 5.97 Å². The molecule has 0 bridgehead atoms. The van der Waals surface area contributed by atoms with Gasteiger partial charge in [-0.05, 0) is 12.3 Å². The summed E-state index contributed by atoms with van der Waals surface area (Å²) in [5.41, 5.74) is 0. The molecule has 0 radical (unpaired) electrons. The van der Waals surface area contributed by atoms with Crippen molar-refractivity contribution in [3.8, 4) is 0 Å². The molecule has 0 spiro atoms. The van der Waals surface area contributed by atoms with Crippen molar-refractivity contribution < 1.29 is 18.3 Å². The number of hydrogen-bond acceptors (Lipinski definition) is 3. The molecule has 0 unspecified atom stereocenters. The zero-order valence-electron chi connectivity index (χ0n) is 10.0. The number of aliphatic carboxylic acids is 1. The second-order valence-electron chi connectivity index (χ2n) is 4.65. The zero-order valence-corrected chi connectivity index (χ0v) is 10.8. The first kappa shape index (κ1) is 14.4. The second kappa shape index (κ2) is 6.96. The summed E-state index contributed by atoms with van der Waals surface area (Å²) in [6.07, 6.45) is 6.47. The van der Waals surface area contributed by atoms with E-state index in [-0.39, 0.29) is 18.7 Å². The second-order valence-corrected chi connectivity index (χ2v) is 6.58. The van der Waals surface area contributed by atoms with Crippen LogP contribution in [-0.4, -0.2) is 31.8 Å². The van der Waals surface area contributed by atoms with Crippen LogP contribution in [0.3, 0.4) is 0 Å². The van der Waals surface area contributed by atoms with Gasteiger partial charge in [0.05, 0.1) is 12.2 Å². The summed E-state index contributed by atoms with van der Waals surface area (Å²) in [4.78, 5) is 10.3. The van der Waals surface area contributed by atoms with Crippen molar-refractivity contribution in [3.05, 3.63) is 0 Å². The van der Waals surface area contributed by atoms with Crippen LogP contribution in [0.25, 0.3) is 0 Å². The summed E-state index contributed by atoms with van der Waals surface area (Å²) in [5, 5.41) is 8.41. The molecule has 0 heterocycles. The van der Waals surface area contributed by atoms with E-state index < -0.39 is 16.0 Å². The van der Waals surface area contributed by atoms with Crippen LogP contribution in [0.5, 0.6) is 0 Å². The van der Waals surface area contributed by atoms with Crippen LogP contribution in [0.4, 0.5) is 0 Å². The maximum atomic E-state index is 11.6. The van der Waals surface area contributed by atoms with Gasteiger partial charge in [0.25, 0.3) is 0 Å². The van der Waals surface area contributed by atoms with Crippen LogP contribution in [0.2, 0.25) is 0 Å². The van der Waals surface area contributed by atoms with Crippen LogP contribution in [0, 0.1) is 5.92 Å². The molecule has 0 aromatic heterocycles. The van der Waals surface area contributed by atoms with Crippen molar-refractivity contribution in [2.75, 3.05) is 12.3 Å². The van der Waals surface area contributed by atoms with E-state index >= 15 is 0 Å². The highest BCUT2D eigenvalue weighted by atomic mass is 32.2. The average molecular weight is 263 g/mol. The van der Waals surface area contributed by atoms with Gasteiger partial charge < -0.3 is 5.11 Å². The maximum absolute atomic E-state index is 11.6. The fourth-order valence-corrected chi connectivity index (χ4v) is 3.38. The highest BCUT2D eigenvalue weighted by Crippen LogP contribution is 2.26. The third-order valence-electron chi connectivity index (χ3n) is 3.18. The van der Waals surface area contributed by atoms with Gasteiger partial charge in [0.1, 0.15) is 0 Å². The zero-order chi connectivity index (χ0) is 12.7. The quantitative estimate of drug-likeness (QED) is 0.726. The number of carboxylic acid groups (broad SMARTS) is 1. The minimum atomic E-state index is -3.29. The van der Waals surface area contributed by atoms with E-state index in [1.165, 1.54) is 19.3 Å². The summed E-state index contributed by atoms with van der Waals surface area (Å²) in [6, 6.07) is 0. The van der Waals surface area contributed by atoms with E-state index in [9.17, 15) is 13.2 Å². The number of hydrogen-bond donors (Lipinski definition) is 2. The SMILES string of the molecule is O=C(O)CCNS(=O)(=O)CCC1CCCCC1. The van der Waals surface area contributed by atoms with E-state index in [1.54, 1.807) is 0 Å². The average Bonchev–Trinajstić information content (AvgIpc) is 2.27. The predicted molar refractivity (Wildman–Crippen MR) is 65.2 cm³/mol. The number of rotatable bonds is 7. The first-order valence-corrected chi connectivity index (χ1v) is 7.84. The molecule has 1 rings (SSSR count). The van der Waals surface area contributed by atoms with Gasteiger partial charge in [-0.3, -0.25) is 4.79 Å². The Morgan fingerprint density at radius 2 is 1.88 bits per heavy atom. The van der Waals surface area contributed by atoms with E-state index in [0.29, 0.717) is 12.3 Å².